The SMILES string of the molecule is O=C(CSC(c1ccccc1)c1ccccc1)N1CCN(Cc2cc(-c3ccccc3F)no2)CC1. The Labute approximate surface area is 214 Å². The van der Waals surface area contributed by atoms with E-state index in [1.165, 1.54) is 17.2 Å². The number of thioether (sulfide) groups is 1. The van der Waals surface area contributed by atoms with Gasteiger partial charge < -0.3 is 9.42 Å². The number of hydrogen-bond donors (Lipinski definition) is 0. The normalized spacial score (nSPS) is 14.3. The maximum Gasteiger partial charge on any atom is 0.232 e. The van der Waals surface area contributed by atoms with Crippen LogP contribution >= 0.6 is 11.8 Å². The number of hydrogen-bond acceptors (Lipinski definition) is 5. The zero-order valence-electron chi connectivity index (χ0n) is 19.9. The Balaban J connectivity index is 1.14. The lowest BCUT2D eigenvalue weighted by atomic mass is 10.0. The number of amides is 1. The largest absolute Gasteiger partial charge is 0.359 e. The lowest BCUT2D eigenvalue weighted by Crippen LogP contribution is -2.48. The molecular weight excluding hydrogens is 473 g/mol. The van der Waals surface area contributed by atoms with Gasteiger partial charge in [0.1, 0.15) is 11.5 Å². The molecule has 1 fully saturated rings. The first-order chi connectivity index (χ1) is 17.7. The third-order valence-electron chi connectivity index (χ3n) is 6.39. The summed E-state index contributed by atoms with van der Waals surface area (Å²) in [5.74, 6) is 0.974. The van der Waals surface area contributed by atoms with Crippen molar-refractivity contribution in [1.82, 2.24) is 15.0 Å². The van der Waals surface area contributed by atoms with Gasteiger partial charge in [-0.25, -0.2) is 4.39 Å². The molecule has 0 N–H and O–H groups in total. The predicted molar refractivity (Wildman–Crippen MR) is 141 cm³/mol. The number of benzene rings is 3. The van der Waals surface area contributed by atoms with Gasteiger partial charge in [0.05, 0.1) is 17.5 Å². The number of halogens is 1. The molecule has 1 aliphatic heterocycles. The summed E-state index contributed by atoms with van der Waals surface area (Å²) in [5, 5.41) is 4.16. The fourth-order valence-electron chi connectivity index (χ4n) is 4.45. The summed E-state index contributed by atoms with van der Waals surface area (Å²) in [5.41, 5.74) is 3.34. The average molecular weight is 502 g/mol. The van der Waals surface area contributed by atoms with Crippen LogP contribution in [0.4, 0.5) is 4.39 Å². The van der Waals surface area contributed by atoms with Crippen LogP contribution in [0, 0.1) is 5.82 Å². The van der Waals surface area contributed by atoms with Gasteiger partial charge in [0.2, 0.25) is 5.91 Å². The molecule has 3 aromatic carbocycles. The van der Waals surface area contributed by atoms with Crippen LogP contribution in [-0.4, -0.2) is 52.8 Å². The van der Waals surface area contributed by atoms with E-state index in [1.54, 1.807) is 36.0 Å². The van der Waals surface area contributed by atoms with E-state index in [4.69, 9.17) is 4.52 Å². The van der Waals surface area contributed by atoms with Crippen molar-refractivity contribution in [2.75, 3.05) is 31.9 Å². The van der Waals surface area contributed by atoms with E-state index >= 15 is 0 Å². The van der Waals surface area contributed by atoms with E-state index in [0.29, 0.717) is 42.4 Å². The van der Waals surface area contributed by atoms with Crippen LogP contribution < -0.4 is 0 Å². The second kappa shape index (κ2) is 11.5. The van der Waals surface area contributed by atoms with E-state index in [-0.39, 0.29) is 17.0 Å². The number of piperazine rings is 1. The Bertz CT molecular complexity index is 1230. The zero-order valence-corrected chi connectivity index (χ0v) is 20.7. The smallest absolute Gasteiger partial charge is 0.232 e. The van der Waals surface area contributed by atoms with Crippen LogP contribution in [0.3, 0.4) is 0 Å². The van der Waals surface area contributed by atoms with Gasteiger partial charge in [-0.2, -0.15) is 0 Å². The number of carbonyl (C=O) groups is 1. The molecule has 5 rings (SSSR count). The van der Waals surface area contributed by atoms with Gasteiger partial charge in [-0.1, -0.05) is 78.0 Å². The quantitative estimate of drug-likeness (QED) is 0.312. The van der Waals surface area contributed by atoms with Gasteiger partial charge >= 0.3 is 0 Å². The fourth-order valence-corrected chi connectivity index (χ4v) is 5.64. The Hall–Kier alpha value is -3.42. The summed E-state index contributed by atoms with van der Waals surface area (Å²) in [6.45, 7) is 3.45. The molecule has 0 radical (unpaired) electrons. The summed E-state index contributed by atoms with van der Waals surface area (Å²) >= 11 is 1.68. The molecule has 1 aliphatic rings. The fraction of sp³-hybridized carbons (Fsp3) is 0.241. The Morgan fingerprint density at radius 1 is 0.889 bits per heavy atom. The zero-order chi connectivity index (χ0) is 24.7. The Morgan fingerprint density at radius 2 is 1.50 bits per heavy atom. The number of carbonyl (C=O) groups excluding carboxylic acids is 1. The molecule has 0 unspecified atom stereocenters. The summed E-state index contributed by atoms with van der Waals surface area (Å²) in [6, 6.07) is 29.0. The van der Waals surface area contributed by atoms with Gasteiger partial charge in [-0.05, 0) is 23.3 Å². The highest BCUT2D eigenvalue weighted by Gasteiger charge is 2.24. The lowest BCUT2D eigenvalue weighted by Gasteiger charge is -2.34. The van der Waals surface area contributed by atoms with Crippen molar-refractivity contribution in [1.29, 1.82) is 0 Å². The molecule has 0 bridgehead atoms. The minimum absolute atomic E-state index is 0.118. The molecule has 0 atom stereocenters. The van der Waals surface area contributed by atoms with E-state index in [2.05, 4.69) is 34.3 Å². The van der Waals surface area contributed by atoms with Crippen LogP contribution in [0.2, 0.25) is 0 Å². The minimum atomic E-state index is -0.316. The molecule has 2 heterocycles. The number of nitrogens with zero attached hydrogens (tertiary/aromatic N) is 3. The first kappa shape index (κ1) is 24.3. The monoisotopic (exact) mass is 501 g/mol. The first-order valence-electron chi connectivity index (χ1n) is 12.1. The molecule has 36 heavy (non-hydrogen) atoms. The van der Waals surface area contributed by atoms with Crippen molar-refractivity contribution < 1.29 is 13.7 Å². The second-order valence-corrected chi connectivity index (χ2v) is 9.92. The standard InChI is InChI=1S/C29H28FN3O2S/c30-26-14-8-7-13-25(26)27-19-24(35-31-27)20-32-15-17-33(18-16-32)28(34)21-36-29(22-9-3-1-4-10-22)23-11-5-2-6-12-23/h1-14,19,29H,15-18,20-21H2. The van der Waals surface area contributed by atoms with Crippen LogP contribution in [0.15, 0.2) is 95.5 Å². The van der Waals surface area contributed by atoms with Gasteiger partial charge in [0.25, 0.3) is 0 Å². The second-order valence-electron chi connectivity index (χ2n) is 8.83. The highest BCUT2D eigenvalue weighted by Crippen LogP contribution is 2.35. The highest BCUT2D eigenvalue weighted by atomic mass is 32.2. The van der Waals surface area contributed by atoms with E-state index in [1.807, 2.05) is 41.3 Å². The molecule has 1 saturated heterocycles. The van der Waals surface area contributed by atoms with E-state index < -0.39 is 0 Å². The van der Waals surface area contributed by atoms with Crippen LogP contribution in [-0.2, 0) is 11.3 Å². The molecule has 184 valence electrons. The molecule has 0 saturated carbocycles. The highest BCUT2D eigenvalue weighted by molar-refractivity contribution is 8.00. The molecule has 4 aromatic rings. The predicted octanol–water partition coefficient (Wildman–Crippen LogP) is 5.65. The lowest BCUT2D eigenvalue weighted by molar-refractivity contribution is -0.130. The minimum Gasteiger partial charge on any atom is -0.359 e. The van der Waals surface area contributed by atoms with Crippen molar-refractivity contribution in [2.45, 2.75) is 11.8 Å². The van der Waals surface area contributed by atoms with Crippen LogP contribution in [0.25, 0.3) is 11.3 Å². The van der Waals surface area contributed by atoms with Gasteiger partial charge in [0.15, 0.2) is 5.76 Å². The Morgan fingerprint density at radius 3 is 2.14 bits per heavy atom. The Kier molecular flexibility index (Phi) is 7.79. The van der Waals surface area contributed by atoms with Crippen LogP contribution in [0.5, 0.6) is 0 Å². The maximum absolute atomic E-state index is 14.0. The maximum atomic E-state index is 14.0. The molecule has 7 heteroatoms. The van der Waals surface area contributed by atoms with E-state index in [9.17, 15) is 9.18 Å². The first-order valence-corrected chi connectivity index (χ1v) is 13.1. The van der Waals surface area contributed by atoms with Gasteiger partial charge in [-0.3, -0.25) is 9.69 Å². The van der Waals surface area contributed by atoms with Crippen LogP contribution in [0.1, 0.15) is 22.1 Å². The van der Waals surface area contributed by atoms with Gasteiger partial charge in [0, 0.05) is 37.8 Å². The molecule has 0 aliphatic carbocycles. The van der Waals surface area contributed by atoms with Crippen molar-refractivity contribution in [2.24, 2.45) is 0 Å². The third kappa shape index (κ3) is 5.86. The van der Waals surface area contributed by atoms with Crippen molar-refractivity contribution in [3.05, 3.63) is 114 Å². The molecule has 0 spiro atoms. The van der Waals surface area contributed by atoms with Crippen molar-refractivity contribution >= 4 is 17.7 Å². The van der Waals surface area contributed by atoms with Crippen molar-refractivity contribution in [3.63, 3.8) is 0 Å². The molecular formula is C29H28FN3O2S. The topological polar surface area (TPSA) is 49.6 Å². The molecule has 1 aromatic heterocycles. The number of rotatable bonds is 8. The summed E-state index contributed by atoms with van der Waals surface area (Å²) in [6.07, 6.45) is 0. The summed E-state index contributed by atoms with van der Waals surface area (Å²) in [7, 11) is 0. The van der Waals surface area contributed by atoms with Gasteiger partial charge in [-0.15, -0.1) is 11.8 Å². The number of aromatic nitrogens is 1. The average Bonchev–Trinajstić information content (AvgIpc) is 3.39. The summed E-state index contributed by atoms with van der Waals surface area (Å²) in [4.78, 5) is 17.2. The van der Waals surface area contributed by atoms with E-state index in [0.717, 1.165) is 13.1 Å². The molecule has 5 nitrogen and oxygen atoms in total. The third-order valence-corrected chi connectivity index (χ3v) is 7.68. The molecule has 1 amide bonds. The summed E-state index contributed by atoms with van der Waals surface area (Å²) < 4.78 is 19.5. The van der Waals surface area contributed by atoms with Crippen molar-refractivity contribution in [3.8, 4) is 11.3 Å².